The third-order valence-corrected chi connectivity index (χ3v) is 9.34. The molecule has 1 spiro atoms. The van der Waals surface area contributed by atoms with Gasteiger partial charge in [0.25, 0.3) is 0 Å². The molecule has 4 fully saturated rings. The second-order valence-electron chi connectivity index (χ2n) is 11.6. The summed E-state index contributed by atoms with van der Waals surface area (Å²) in [7, 11) is 0. The third kappa shape index (κ3) is 4.13. The SMILES string of the molecule is CCCOC(=O)N1C2CCCC1CC(N1CCC3(CC1)CN(C(=O)C1CC1)c1ccc(F)cc13)C2. The van der Waals surface area contributed by atoms with E-state index < -0.39 is 0 Å². The highest BCUT2D eigenvalue weighted by Crippen LogP contribution is 2.50. The maximum Gasteiger partial charge on any atom is 0.410 e. The van der Waals surface area contributed by atoms with E-state index in [2.05, 4.69) is 9.80 Å². The summed E-state index contributed by atoms with van der Waals surface area (Å²) in [6.45, 7) is 5.15. The van der Waals surface area contributed by atoms with Crippen LogP contribution in [-0.4, -0.2) is 66.2 Å². The molecule has 1 aliphatic carbocycles. The van der Waals surface area contributed by atoms with Gasteiger partial charge in [0.15, 0.2) is 0 Å². The predicted molar refractivity (Wildman–Crippen MR) is 132 cm³/mol. The van der Waals surface area contributed by atoms with E-state index in [1.54, 1.807) is 6.07 Å². The molecule has 1 aromatic carbocycles. The number of carbonyl (C=O) groups is 2. The van der Waals surface area contributed by atoms with Crippen LogP contribution in [0, 0.1) is 11.7 Å². The van der Waals surface area contributed by atoms with E-state index in [9.17, 15) is 14.0 Å². The summed E-state index contributed by atoms with van der Waals surface area (Å²) in [4.78, 5) is 32.4. The molecule has 2 bridgehead atoms. The normalized spacial score (nSPS) is 29.8. The molecule has 2 amide bonds. The molecule has 190 valence electrons. The fourth-order valence-corrected chi connectivity index (χ4v) is 7.35. The van der Waals surface area contributed by atoms with Crippen LogP contribution in [-0.2, 0) is 14.9 Å². The van der Waals surface area contributed by atoms with E-state index >= 15 is 0 Å². The summed E-state index contributed by atoms with van der Waals surface area (Å²) >= 11 is 0. The maximum absolute atomic E-state index is 14.3. The van der Waals surface area contributed by atoms with Crippen molar-refractivity contribution < 1.29 is 18.7 Å². The lowest BCUT2D eigenvalue weighted by molar-refractivity contribution is -0.119. The monoisotopic (exact) mass is 483 g/mol. The van der Waals surface area contributed by atoms with E-state index in [1.165, 1.54) is 12.5 Å². The van der Waals surface area contributed by atoms with Crippen molar-refractivity contribution in [2.75, 3.05) is 31.1 Å². The summed E-state index contributed by atoms with van der Waals surface area (Å²) in [5, 5.41) is 0. The number of nitrogens with zero attached hydrogens (tertiary/aromatic N) is 3. The number of carbonyl (C=O) groups excluding carboxylic acids is 2. The van der Waals surface area contributed by atoms with Crippen LogP contribution >= 0.6 is 0 Å². The summed E-state index contributed by atoms with van der Waals surface area (Å²) < 4.78 is 19.8. The lowest BCUT2D eigenvalue weighted by Gasteiger charge is -2.52. The minimum atomic E-state index is -0.207. The van der Waals surface area contributed by atoms with Crippen molar-refractivity contribution in [3.8, 4) is 0 Å². The molecule has 3 saturated heterocycles. The first-order valence-electron chi connectivity index (χ1n) is 13.8. The molecule has 6 rings (SSSR count). The largest absolute Gasteiger partial charge is 0.449 e. The molecule has 0 radical (unpaired) electrons. The number of hydrogen-bond donors (Lipinski definition) is 0. The summed E-state index contributed by atoms with van der Waals surface area (Å²) in [6.07, 6.45) is 9.96. The first kappa shape index (κ1) is 23.3. The van der Waals surface area contributed by atoms with Crippen molar-refractivity contribution in [1.82, 2.24) is 9.80 Å². The molecule has 7 heteroatoms. The van der Waals surface area contributed by atoms with Gasteiger partial charge in [0.2, 0.25) is 5.91 Å². The molecule has 4 aliphatic heterocycles. The molecule has 2 atom stereocenters. The van der Waals surface area contributed by atoms with Gasteiger partial charge >= 0.3 is 6.09 Å². The van der Waals surface area contributed by atoms with Crippen LogP contribution < -0.4 is 4.90 Å². The standard InChI is InChI=1S/C28H38FN3O3/c1-2-14-35-27(34)32-21-4-3-5-22(32)17-23(16-21)30-12-10-28(11-13-30)18-31(26(33)19-6-7-19)25-9-8-20(29)15-24(25)28/h8-9,15,19,21-23H,2-7,10-14,16-18H2,1H3. The van der Waals surface area contributed by atoms with Gasteiger partial charge in [-0.2, -0.15) is 0 Å². The molecule has 35 heavy (non-hydrogen) atoms. The van der Waals surface area contributed by atoms with Crippen LogP contribution in [0.3, 0.4) is 0 Å². The number of rotatable bonds is 4. The zero-order valence-electron chi connectivity index (χ0n) is 20.9. The second kappa shape index (κ2) is 9.06. The lowest BCUT2D eigenvalue weighted by Crippen LogP contribution is -2.60. The minimum Gasteiger partial charge on any atom is -0.449 e. The Kier molecular flexibility index (Phi) is 6.02. The number of likely N-dealkylation sites (tertiary alicyclic amines) is 1. The summed E-state index contributed by atoms with van der Waals surface area (Å²) in [5.41, 5.74) is 1.83. The zero-order valence-corrected chi connectivity index (χ0v) is 20.9. The number of halogens is 1. The van der Waals surface area contributed by atoms with Crippen LogP contribution in [0.1, 0.15) is 76.7 Å². The number of ether oxygens (including phenoxy) is 1. The van der Waals surface area contributed by atoms with Crippen LogP contribution in [0.2, 0.25) is 0 Å². The zero-order chi connectivity index (χ0) is 24.2. The van der Waals surface area contributed by atoms with Gasteiger partial charge in [-0.25, -0.2) is 9.18 Å². The molecule has 6 nitrogen and oxygen atoms in total. The lowest BCUT2D eigenvalue weighted by atomic mass is 9.73. The molecule has 0 N–H and O–H groups in total. The number of hydrogen-bond acceptors (Lipinski definition) is 4. The highest BCUT2D eigenvalue weighted by atomic mass is 19.1. The van der Waals surface area contributed by atoms with Crippen LogP contribution in [0.15, 0.2) is 18.2 Å². The smallest absolute Gasteiger partial charge is 0.410 e. The van der Waals surface area contributed by atoms with Gasteiger partial charge in [-0.3, -0.25) is 4.79 Å². The van der Waals surface area contributed by atoms with Crippen molar-refractivity contribution >= 4 is 17.7 Å². The van der Waals surface area contributed by atoms with E-state index in [0.717, 1.165) is 82.1 Å². The van der Waals surface area contributed by atoms with Gasteiger partial charge in [-0.15, -0.1) is 0 Å². The topological polar surface area (TPSA) is 53.1 Å². The van der Waals surface area contributed by atoms with Gasteiger partial charge in [0.1, 0.15) is 5.82 Å². The molecule has 5 aliphatic rings. The first-order chi connectivity index (χ1) is 17.0. The Morgan fingerprint density at radius 2 is 1.77 bits per heavy atom. The Balaban J connectivity index is 1.15. The predicted octanol–water partition coefficient (Wildman–Crippen LogP) is 4.85. The molecular weight excluding hydrogens is 445 g/mol. The van der Waals surface area contributed by atoms with Gasteiger partial charge in [0.05, 0.1) is 6.61 Å². The highest BCUT2D eigenvalue weighted by molar-refractivity contribution is 5.99. The first-order valence-corrected chi connectivity index (χ1v) is 13.8. The fraction of sp³-hybridized carbons (Fsp3) is 0.714. The Morgan fingerprint density at radius 1 is 1.06 bits per heavy atom. The summed E-state index contributed by atoms with van der Waals surface area (Å²) in [5.74, 6) is 0.186. The fourth-order valence-electron chi connectivity index (χ4n) is 7.35. The molecule has 2 unspecified atom stereocenters. The number of amides is 2. The molecule has 1 aromatic rings. The number of benzene rings is 1. The average molecular weight is 484 g/mol. The van der Waals surface area contributed by atoms with Crippen molar-refractivity contribution in [3.05, 3.63) is 29.6 Å². The van der Waals surface area contributed by atoms with Crippen molar-refractivity contribution in [3.63, 3.8) is 0 Å². The second-order valence-corrected chi connectivity index (χ2v) is 11.6. The van der Waals surface area contributed by atoms with Crippen LogP contribution in [0.4, 0.5) is 14.9 Å². The van der Waals surface area contributed by atoms with E-state index in [1.807, 2.05) is 17.9 Å². The van der Waals surface area contributed by atoms with Gasteiger partial charge < -0.3 is 19.4 Å². The molecular formula is C28H38FN3O3. The Hall–Kier alpha value is -2.15. The van der Waals surface area contributed by atoms with Gasteiger partial charge in [0, 0.05) is 41.7 Å². The van der Waals surface area contributed by atoms with Crippen LogP contribution in [0.5, 0.6) is 0 Å². The highest BCUT2D eigenvalue weighted by Gasteiger charge is 2.50. The molecule has 1 saturated carbocycles. The number of anilines is 1. The number of fused-ring (bicyclic) bond motifs is 4. The molecule has 0 aromatic heterocycles. The maximum atomic E-state index is 14.3. The average Bonchev–Trinajstić information content (AvgIpc) is 3.67. The Morgan fingerprint density at radius 3 is 2.43 bits per heavy atom. The van der Waals surface area contributed by atoms with Crippen molar-refractivity contribution in [2.24, 2.45) is 5.92 Å². The third-order valence-electron chi connectivity index (χ3n) is 9.34. The Bertz CT molecular complexity index is 974. The number of piperidine rings is 3. The quantitative estimate of drug-likeness (QED) is 0.615. The van der Waals surface area contributed by atoms with Crippen molar-refractivity contribution in [1.29, 1.82) is 0 Å². The van der Waals surface area contributed by atoms with E-state index in [-0.39, 0.29) is 41.2 Å². The Labute approximate surface area is 207 Å². The minimum absolute atomic E-state index is 0.123. The van der Waals surface area contributed by atoms with Gasteiger partial charge in [-0.05, 0) is 101 Å². The van der Waals surface area contributed by atoms with Crippen molar-refractivity contribution in [2.45, 2.75) is 94.7 Å². The van der Waals surface area contributed by atoms with Crippen LogP contribution in [0.25, 0.3) is 0 Å². The van der Waals surface area contributed by atoms with E-state index in [0.29, 0.717) is 19.2 Å². The molecule has 4 heterocycles. The van der Waals surface area contributed by atoms with Gasteiger partial charge in [-0.1, -0.05) is 6.92 Å². The van der Waals surface area contributed by atoms with E-state index in [4.69, 9.17) is 4.74 Å². The summed E-state index contributed by atoms with van der Waals surface area (Å²) in [6, 6.07) is 6.05.